The molecule has 21 rings (SSSR count). The van der Waals surface area contributed by atoms with Gasteiger partial charge in [0, 0.05) is 43.1 Å². The van der Waals surface area contributed by atoms with Crippen LogP contribution < -0.4 is 0 Å². The van der Waals surface area contributed by atoms with Crippen LogP contribution in [0.2, 0.25) is 0 Å². The van der Waals surface area contributed by atoms with Crippen molar-refractivity contribution in [2.45, 2.75) is 0 Å². The fourth-order valence-corrected chi connectivity index (χ4v) is 16.7. The molecule has 0 amide bonds. The zero-order valence-electron chi connectivity index (χ0n) is 53.4. The van der Waals surface area contributed by atoms with Crippen molar-refractivity contribution in [1.29, 1.82) is 0 Å². The van der Waals surface area contributed by atoms with Gasteiger partial charge in [-0.25, -0.2) is 0 Å². The van der Waals surface area contributed by atoms with Crippen molar-refractivity contribution in [2.75, 3.05) is 0 Å². The maximum atomic E-state index is 2.50. The van der Waals surface area contributed by atoms with E-state index < -0.39 is 0 Å². The minimum absolute atomic E-state index is 1.18. The van der Waals surface area contributed by atoms with Crippen molar-refractivity contribution >= 4 is 109 Å². The molecule has 0 atom stereocenters. The van der Waals surface area contributed by atoms with Gasteiger partial charge in [-0.3, -0.25) is 0 Å². The van der Waals surface area contributed by atoms with Gasteiger partial charge < -0.3 is 8.80 Å². The summed E-state index contributed by atoms with van der Waals surface area (Å²) in [6.07, 6.45) is 0. The SMILES string of the molecule is c1ccc(-c2cc(-c3ccccc3)cc(-c3cccc(-c4cccc(-c5cc6c7ccccc7n7c8ccc(-c9ccc%10c(c9)c9cc(-c%11cccc(-c%12cccc(-c%13ccc%14c%15ccccc%15c%15ccccc%15c%14c%13)c%12)c%11)cc%11c%12ccccc%12n%10c%119)cc8c(c5)c67)c4)c3)c2)cc1. The predicted octanol–water partition coefficient (Wildman–Crippen LogP) is 26.4. The number of nitrogens with zero attached hydrogens (tertiary/aromatic N) is 2. The van der Waals surface area contributed by atoms with E-state index in [1.807, 2.05) is 0 Å². The number of benzene rings is 17. The van der Waals surface area contributed by atoms with Crippen LogP contribution in [-0.2, 0) is 0 Å². The van der Waals surface area contributed by atoms with Crippen molar-refractivity contribution in [2.24, 2.45) is 0 Å². The van der Waals surface area contributed by atoms with Crippen LogP contribution >= 0.6 is 0 Å². The van der Waals surface area contributed by atoms with Crippen LogP contribution in [-0.4, -0.2) is 8.80 Å². The van der Waals surface area contributed by atoms with Crippen LogP contribution in [0, 0.1) is 0 Å². The fraction of sp³-hybridized carbons (Fsp3) is 0. The van der Waals surface area contributed by atoms with E-state index in [4.69, 9.17) is 0 Å². The molecule has 0 aliphatic heterocycles. The van der Waals surface area contributed by atoms with E-state index in [0.717, 1.165) is 0 Å². The second-order valence-corrected chi connectivity index (χ2v) is 26.7. The predicted molar refractivity (Wildman–Crippen MR) is 417 cm³/mol. The third-order valence-electron chi connectivity index (χ3n) is 21.3. The molecule has 0 fully saturated rings. The highest BCUT2D eigenvalue weighted by atomic mass is 14.9. The lowest BCUT2D eigenvalue weighted by atomic mass is 9.91. The summed E-state index contributed by atoms with van der Waals surface area (Å²) in [4.78, 5) is 0. The van der Waals surface area contributed by atoms with Crippen LogP contribution in [0.3, 0.4) is 0 Å². The molecule has 98 heavy (non-hydrogen) atoms. The Hall–Kier alpha value is -12.9. The summed E-state index contributed by atoms with van der Waals surface area (Å²) in [7, 11) is 0. The topological polar surface area (TPSA) is 8.82 Å². The highest BCUT2D eigenvalue weighted by Crippen LogP contribution is 2.47. The summed E-state index contributed by atoms with van der Waals surface area (Å²) in [5, 5.41) is 17.8. The smallest absolute Gasteiger partial charge is 0.0620 e. The van der Waals surface area contributed by atoms with Crippen LogP contribution in [0.1, 0.15) is 0 Å². The Morgan fingerprint density at radius 2 is 0.337 bits per heavy atom. The van der Waals surface area contributed by atoms with Crippen molar-refractivity contribution < 1.29 is 0 Å². The van der Waals surface area contributed by atoms with E-state index in [-0.39, 0.29) is 0 Å². The molecular formula is C96H58N2. The van der Waals surface area contributed by atoms with Gasteiger partial charge in [0.15, 0.2) is 0 Å². The van der Waals surface area contributed by atoms with E-state index in [9.17, 15) is 0 Å². The molecule has 2 nitrogen and oxygen atoms in total. The van der Waals surface area contributed by atoms with Crippen molar-refractivity contribution in [3.8, 4) is 100 Å². The van der Waals surface area contributed by atoms with E-state index in [2.05, 4.69) is 361 Å². The van der Waals surface area contributed by atoms with E-state index in [1.54, 1.807) is 0 Å². The Morgan fingerprint density at radius 3 is 0.724 bits per heavy atom. The quantitative estimate of drug-likeness (QED) is 0.127. The summed E-state index contributed by atoms with van der Waals surface area (Å²) >= 11 is 0. The molecule has 0 N–H and O–H groups in total. The number of fused-ring (bicyclic) bond motifs is 18. The van der Waals surface area contributed by atoms with Crippen LogP contribution in [0.5, 0.6) is 0 Å². The zero-order valence-corrected chi connectivity index (χ0v) is 53.4. The number of aromatic nitrogens is 2. The van der Waals surface area contributed by atoms with Crippen LogP contribution in [0.4, 0.5) is 0 Å². The highest BCUT2D eigenvalue weighted by molar-refractivity contribution is 6.28. The molecule has 4 aromatic heterocycles. The van der Waals surface area contributed by atoms with Gasteiger partial charge in [-0.05, 0) is 242 Å². The second-order valence-electron chi connectivity index (χ2n) is 26.7. The third-order valence-corrected chi connectivity index (χ3v) is 21.3. The Kier molecular flexibility index (Phi) is 11.9. The molecule has 0 radical (unpaired) electrons. The van der Waals surface area contributed by atoms with Gasteiger partial charge >= 0.3 is 0 Å². The zero-order chi connectivity index (χ0) is 64.1. The Bertz CT molecular complexity index is 6750. The molecule has 0 bridgehead atoms. The highest BCUT2D eigenvalue weighted by Gasteiger charge is 2.23. The lowest BCUT2D eigenvalue weighted by molar-refractivity contribution is 1.37. The van der Waals surface area contributed by atoms with Gasteiger partial charge in [0.1, 0.15) is 0 Å². The number of rotatable bonds is 9. The first-order valence-electron chi connectivity index (χ1n) is 34.0. The molecule has 4 heterocycles. The molecule has 0 saturated heterocycles. The molecule has 0 unspecified atom stereocenters. The van der Waals surface area contributed by atoms with Gasteiger partial charge in [-0.1, -0.05) is 243 Å². The lowest BCUT2D eigenvalue weighted by Gasteiger charge is -2.13. The van der Waals surface area contributed by atoms with Gasteiger partial charge in [0.2, 0.25) is 0 Å². The first-order valence-corrected chi connectivity index (χ1v) is 34.0. The second kappa shape index (κ2) is 21.3. The van der Waals surface area contributed by atoms with Gasteiger partial charge in [0.05, 0.1) is 33.1 Å². The molecule has 0 aliphatic rings. The monoisotopic (exact) mass is 1240 g/mol. The Morgan fingerprint density at radius 1 is 0.112 bits per heavy atom. The molecule has 21 aromatic rings. The molecule has 2 heteroatoms. The van der Waals surface area contributed by atoms with Gasteiger partial charge in [-0.15, -0.1) is 0 Å². The van der Waals surface area contributed by atoms with Gasteiger partial charge in [-0.2, -0.15) is 0 Å². The van der Waals surface area contributed by atoms with Crippen molar-refractivity contribution in [3.63, 3.8) is 0 Å². The lowest BCUT2D eigenvalue weighted by Crippen LogP contribution is -1.87. The fourth-order valence-electron chi connectivity index (χ4n) is 16.7. The Balaban J connectivity index is 0.661. The summed E-state index contributed by atoms with van der Waals surface area (Å²) in [5.74, 6) is 0. The summed E-state index contributed by atoms with van der Waals surface area (Å²) in [5.41, 5.74) is 29.0. The molecule has 0 saturated carbocycles. The largest absolute Gasteiger partial charge is 0.308 e. The molecule has 0 spiro atoms. The maximum Gasteiger partial charge on any atom is 0.0620 e. The van der Waals surface area contributed by atoms with Gasteiger partial charge in [0.25, 0.3) is 0 Å². The minimum Gasteiger partial charge on any atom is -0.308 e. The van der Waals surface area contributed by atoms with Crippen LogP contribution in [0.15, 0.2) is 352 Å². The number of hydrogen-bond acceptors (Lipinski definition) is 0. The minimum atomic E-state index is 1.18. The van der Waals surface area contributed by atoms with Crippen molar-refractivity contribution in [3.05, 3.63) is 352 Å². The normalized spacial score (nSPS) is 12.1. The molecular weight excluding hydrogens is 1180 g/mol. The number of para-hydroxylation sites is 2. The average molecular weight is 1240 g/mol. The molecule has 0 aliphatic carbocycles. The Labute approximate surface area is 565 Å². The van der Waals surface area contributed by atoms with Crippen molar-refractivity contribution in [1.82, 2.24) is 8.80 Å². The number of hydrogen-bond donors (Lipinski definition) is 0. The maximum absolute atomic E-state index is 2.50. The first kappa shape index (κ1) is 54.5. The van der Waals surface area contributed by atoms with E-state index in [0.29, 0.717) is 0 Å². The summed E-state index contributed by atoms with van der Waals surface area (Å²) in [6.45, 7) is 0. The van der Waals surface area contributed by atoms with Crippen LogP contribution in [0.25, 0.3) is 209 Å². The van der Waals surface area contributed by atoms with E-state index >= 15 is 0 Å². The average Bonchev–Trinajstić information content (AvgIpc) is 1.54. The first-order chi connectivity index (χ1) is 48.5. The summed E-state index contributed by atoms with van der Waals surface area (Å²) in [6, 6.07) is 132. The summed E-state index contributed by atoms with van der Waals surface area (Å²) < 4.78 is 5.01. The third kappa shape index (κ3) is 8.41. The van der Waals surface area contributed by atoms with E-state index in [1.165, 1.54) is 209 Å². The molecule has 452 valence electrons. The standard InChI is InChI=1S/C96H58N2/c1-3-19-59(20-4-1)72-49-73(60-21-5-2-6-22-60)51-74(50-72)66-28-16-24-62(46-66)64-26-18-30-68(48-64)76-56-88-83-36-12-14-38-92(83)98-94-44-41-71(54-86(94)90(58-76)96(88)98)70-40-43-93-85(53-70)89-57-75(55-87-82-35-11-13-37-91(82)97(93)95(87)89)67-29-17-25-63(47-67)61-23-15-27-65(45-61)69-39-42-81-79-33-8-7-31-77(79)78-32-9-10-34-80(78)84(81)52-69/h1-58H. The molecule has 17 aromatic carbocycles.